The van der Waals surface area contributed by atoms with Gasteiger partial charge in [0.05, 0.1) is 6.04 Å². The van der Waals surface area contributed by atoms with Gasteiger partial charge in [-0.2, -0.15) is 0 Å². The van der Waals surface area contributed by atoms with E-state index < -0.39 is 17.3 Å². The largest absolute Gasteiger partial charge is 0.483 e. The quantitative estimate of drug-likeness (QED) is 0.287. The summed E-state index contributed by atoms with van der Waals surface area (Å²) in [6.45, 7) is 16.8. The second-order valence-corrected chi connectivity index (χ2v) is 12.9. The third-order valence-electron chi connectivity index (χ3n) is 5.95. The molecule has 4 amide bonds. The van der Waals surface area contributed by atoms with Gasteiger partial charge in [-0.25, -0.2) is 9.59 Å². The molecule has 0 radical (unpaired) electrons. The van der Waals surface area contributed by atoms with Crippen LogP contribution in [-0.2, 0) is 29.6 Å². The van der Waals surface area contributed by atoms with Crippen LogP contribution in [-0.4, -0.2) is 107 Å². The van der Waals surface area contributed by atoms with Crippen LogP contribution in [0.5, 0.6) is 0 Å². The number of carboxylic acid groups (broad SMARTS) is 1. The van der Waals surface area contributed by atoms with Crippen LogP contribution in [0.2, 0.25) is 0 Å². The second kappa shape index (κ2) is 22.1. The summed E-state index contributed by atoms with van der Waals surface area (Å²) >= 11 is 1.63. The first kappa shape index (κ1) is 41.5. The lowest BCUT2D eigenvalue weighted by Gasteiger charge is -2.33. The van der Waals surface area contributed by atoms with Gasteiger partial charge in [-0.3, -0.25) is 19.1 Å². The number of likely N-dealkylation sites (tertiary alicyclic amines) is 1. The van der Waals surface area contributed by atoms with Crippen LogP contribution < -0.4 is 10.5 Å². The number of nitrogens with zero attached hydrogens (tertiary/aromatic N) is 3. The van der Waals surface area contributed by atoms with Gasteiger partial charge in [0.15, 0.2) is 0 Å². The molecule has 256 valence electrons. The molecule has 1 unspecified atom stereocenters. The zero-order chi connectivity index (χ0) is 34.5. The zero-order valence-corrected chi connectivity index (χ0v) is 28.6. The highest BCUT2D eigenvalue weighted by Gasteiger charge is 2.26. The van der Waals surface area contributed by atoms with Gasteiger partial charge in [0.2, 0.25) is 12.3 Å². The molecule has 2 heterocycles. The highest BCUT2D eigenvalue weighted by molar-refractivity contribution is 7.96. The fourth-order valence-corrected chi connectivity index (χ4v) is 4.82. The summed E-state index contributed by atoms with van der Waals surface area (Å²) in [5.74, 6) is 1.16. The first-order valence-corrected chi connectivity index (χ1v) is 16.0. The Balaban J connectivity index is 0.000000663. The Labute approximate surface area is 272 Å². The molecule has 0 aromatic heterocycles. The number of rotatable bonds is 7. The van der Waals surface area contributed by atoms with Gasteiger partial charge in [0.25, 0.3) is 6.47 Å². The van der Waals surface area contributed by atoms with E-state index in [4.69, 9.17) is 20.4 Å². The molecule has 2 fully saturated rings. The van der Waals surface area contributed by atoms with E-state index in [0.717, 1.165) is 44.5 Å². The van der Waals surface area contributed by atoms with E-state index in [9.17, 15) is 19.2 Å². The second-order valence-electron chi connectivity index (χ2n) is 12.1. The summed E-state index contributed by atoms with van der Waals surface area (Å²) in [7, 11) is 0. The number of primary amides is 1. The van der Waals surface area contributed by atoms with Gasteiger partial charge in [-0.05, 0) is 66.4 Å². The summed E-state index contributed by atoms with van der Waals surface area (Å²) in [4.78, 5) is 58.0. The van der Waals surface area contributed by atoms with Crippen LogP contribution in [0.15, 0.2) is 30.3 Å². The highest BCUT2D eigenvalue weighted by Crippen LogP contribution is 2.15. The van der Waals surface area contributed by atoms with Gasteiger partial charge in [0, 0.05) is 45.0 Å². The standard InChI is InChI=1S/C15H22N2OS.C10H18N2O3.C5H11NO2.CH2O2/c1-2-14(15(18)17-10-6-7-11-17)16-19-12-13-8-4-3-5-9-13;1-10(2,3)15-9(14)12-6-4-11(8-13)5-7-12;1-5(2,3)8-4(6)7;2-1-3/h3-5,8-9,14,16H,2,6-7,10-12H2,1H3;8H,4-7H2,1-3H3;1-3H3,(H2,6,7);1H,(H,2,3). The van der Waals surface area contributed by atoms with Crippen molar-refractivity contribution in [2.24, 2.45) is 5.73 Å². The molecular formula is C31H53N5O8S. The van der Waals surface area contributed by atoms with Gasteiger partial charge >= 0.3 is 12.2 Å². The molecule has 2 aliphatic rings. The van der Waals surface area contributed by atoms with Gasteiger partial charge in [0.1, 0.15) is 11.2 Å². The normalized spacial score (nSPS) is 15.0. The molecule has 1 aromatic rings. The van der Waals surface area contributed by atoms with Crippen LogP contribution in [0.1, 0.15) is 73.3 Å². The first-order chi connectivity index (χ1) is 21.1. The fourth-order valence-electron chi connectivity index (χ4n) is 3.90. The lowest BCUT2D eigenvalue weighted by molar-refractivity contribution is -0.132. The first-order valence-electron chi connectivity index (χ1n) is 15.0. The predicted octanol–water partition coefficient (Wildman–Crippen LogP) is 4.10. The monoisotopic (exact) mass is 655 g/mol. The van der Waals surface area contributed by atoms with Crippen molar-refractivity contribution in [3.8, 4) is 0 Å². The van der Waals surface area contributed by atoms with E-state index in [2.05, 4.69) is 28.5 Å². The summed E-state index contributed by atoms with van der Waals surface area (Å²) in [5.41, 5.74) is 5.09. The van der Waals surface area contributed by atoms with E-state index in [-0.39, 0.29) is 24.5 Å². The van der Waals surface area contributed by atoms with Crippen molar-refractivity contribution < 1.29 is 38.6 Å². The Morgan fingerprint density at radius 1 is 0.911 bits per heavy atom. The third-order valence-corrected chi connectivity index (χ3v) is 6.88. The number of carbonyl (C=O) groups is 5. The number of benzene rings is 1. The van der Waals surface area contributed by atoms with Gasteiger partial charge in [-0.1, -0.05) is 49.2 Å². The summed E-state index contributed by atoms with van der Waals surface area (Å²) in [6, 6.07) is 10.3. The summed E-state index contributed by atoms with van der Waals surface area (Å²) in [5, 5.41) is 6.89. The van der Waals surface area contributed by atoms with Crippen molar-refractivity contribution in [1.29, 1.82) is 0 Å². The zero-order valence-electron chi connectivity index (χ0n) is 27.8. The molecule has 0 bridgehead atoms. The Morgan fingerprint density at radius 2 is 1.42 bits per heavy atom. The number of nitrogens with one attached hydrogen (secondary N) is 1. The van der Waals surface area contributed by atoms with Gasteiger partial charge < -0.3 is 35.0 Å². The van der Waals surface area contributed by atoms with Crippen molar-refractivity contribution in [2.75, 3.05) is 39.3 Å². The molecule has 4 N–H and O–H groups in total. The molecule has 3 rings (SSSR count). The predicted molar refractivity (Wildman–Crippen MR) is 175 cm³/mol. The number of piperazine rings is 1. The highest BCUT2D eigenvalue weighted by atomic mass is 32.2. The fraction of sp³-hybridized carbons (Fsp3) is 0.645. The number of amides is 4. The van der Waals surface area contributed by atoms with Crippen LogP contribution in [0.25, 0.3) is 0 Å². The average Bonchev–Trinajstić information content (AvgIpc) is 3.50. The number of hydrogen-bond acceptors (Lipinski definition) is 9. The van der Waals surface area contributed by atoms with Crippen molar-refractivity contribution in [3.63, 3.8) is 0 Å². The maximum Gasteiger partial charge on any atom is 0.410 e. The number of ether oxygens (including phenoxy) is 2. The molecule has 14 heteroatoms. The molecule has 2 aliphatic heterocycles. The number of hydrogen-bond donors (Lipinski definition) is 3. The maximum atomic E-state index is 12.3. The van der Waals surface area contributed by atoms with E-state index in [1.165, 1.54) is 5.56 Å². The molecule has 0 spiro atoms. The van der Waals surface area contributed by atoms with Crippen LogP contribution >= 0.6 is 11.9 Å². The molecule has 0 aliphatic carbocycles. The van der Waals surface area contributed by atoms with Crippen molar-refractivity contribution in [3.05, 3.63) is 35.9 Å². The summed E-state index contributed by atoms with van der Waals surface area (Å²) in [6.07, 6.45) is 2.94. The maximum absolute atomic E-state index is 12.3. The topological polar surface area (TPSA) is 172 Å². The molecule has 2 saturated heterocycles. The van der Waals surface area contributed by atoms with Crippen molar-refractivity contribution in [1.82, 2.24) is 19.4 Å². The Kier molecular flexibility index (Phi) is 20.3. The molecule has 0 saturated carbocycles. The summed E-state index contributed by atoms with van der Waals surface area (Å²) < 4.78 is 13.1. The van der Waals surface area contributed by atoms with Crippen LogP contribution in [0.4, 0.5) is 9.59 Å². The van der Waals surface area contributed by atoms with E-state index in [0.29, 0.717) is 26.2 Å². The number of carbonyl (C=O) groups excluding carboxylic acids is 4. The van der Waals surface area contributed by atoms with Crippen LogP contribution in [0.3, 0.4) is 0 Å². The SMILES string of the molecule is CC(C)(C)OC(=O)N1CCN(C=O)CC1.CC(C)(C)OC(N)=O.CCC(NSCc1ccccc1)C(=O)N1CCCC1.O=CO. The molecule has 13 nitrogen and oxygen atoms in total. The Morgan fingerprint density at radius 3 is 1.82 bits per heavy atom. The van der Waals surface area contributed by atoms with Gasteiger partial charge in [-0.15, -0.1) is 0 Å². The molecular weight excluding hydrogens is 602 g/mol. The minimum atomic E-state index is -0.725. The van der Waals surface area contributed by atoms with E-state index in [1.54, 1.807) is 42.5 Å². The number of nitrogens with two attached hydrogens (primary N) is 1. The lowest BCUT2D eigenvalue weighted by Crippen LogP contribution is -2.49. The Bertz CT molecular complexity index is 1000. The average molecular weight is 656 g/mol. The minimum absolute atomic E-state index is 0.0492. The molecule has 1 atom stereocenters. The smallest absolute Gasteiger partial charge is 0.410 e. The lowest BCUT2D eigenvalue weighted by atomic mass is 10.2. The van der Waals surface area contributed by atoms with E-state index in [1.807, 2.05) is 43.9 Å². The van der Waals surface area contributed by atoms with Crippen LogP contribution in [0, 0.1) is 0 Å². The Hall–Kier alpha value is -3.52. The van der Waals surface area contributed by atoms with Crippen molar-refractivity contribution >= 4 is 42.9 Å². The van der Waals surface area contributed by atoms with Crippen molar-refractivity contribution in [2.45, 2.75) is 90.7 Å². The molecule has 45 heavy (non-hydrogen) atoms. The van der Waals surface area contributed by atoms with E-state index >= 15 is 0 Å². The minimum Gasteiger partial charge on any atom is -0.483 e. The third kappa shape index (κ3) is 21.0. The molecule has 1 aromatic carbocycles.